The molecule has 0 saturated heterocycles. The van der Waals surface area contributed by atoms with Crippen LogP contribution in [0.25, 0.3) is 21.8 Å². The van der Waals surface area contributed by atoms with Crippen LogP contribution in [0.5, 0.6) is 0 Å². The molecule has 0 saturated carbocycles. The highest BCUT2D eigenvalue weighted by molar-refractivity contribution is 7.13. The van der Waals surface area contributed by atoms with E-state index in [9.17, 15) is 10.1 Å². The van der Waals surface area contributed by atoms with E-state index in [4.69, 9.17) is 5.73 Å². The Labute approximate surface area is 124 Å². The summed E-state index contributed by atoms with van der Waals surface area (Å²) in [4.78, 5) is 14.9. The van der Waals surface area contributed by atoms with E-state index in [1.165, 1.54) is 23.5 Å². The van der Waals surface area contributed by atoms with Gasteiger partial charge in [0.25, 0.3) is 5.69 Å². The first-order chi connectivity index (χ1) is 10.1. The van der Waals surface area contributed by atoms with Crippen molar-refractivity contribution in [2.45, 2.75) is 0 Å². The fourth-order valence-electron chi connectivity index (χ4n) is 1.94. The second kappa shape index (κ2) is 5.34. The summed E-state index contributed by atoms with van der Waals surface area (Å²) < 4.78 is 0. The van der Waals surface area contributed by atoms with Crippen LogP contribution < -0.4 is 5.73 Å². The Kier molecular flexibility index (Phi) is 3.37. The molecule has 0 fully saturated rings. The van der Waals surface area contributed by atoms with Gasteiger partial charge in [-0.2, -0.15) is 0 Å². The van der Waals surface area contributed by atoms with Crippen molar-refractivity contribution in [3.63, 3.8) is 0 Å². The van der Waals surface area contributed by atoms with Crippen LogP contribution in [0.15, 0.2) is 53.9 Å². The Morgan fingerprint density at radius 3 is 2.57 bits per heavy atom. The number of nitrogens with two attached hydrogens (primary N) is 1. The monoisotopic (exact) mass is 297 g/mol. The van der Waals surface area contributed by atoms with Gasteiger partial charge in [-0.05, 0) is 24.3 Å². The van der Waals surface area contributed by atoms with E-state index in [1.807, 2.05) is 35.7 Å². The Morgan fingerprint density at radius 2 is 1.86 bits per heavy atom. The number of hydrogen-bond donors (Lipinski definition) is 1. The van der Waals surface area contributed by atoms with Gasteiger partial charge >= 0.3 is 0 Å². The largest absolute Gasteiger partial charge is 0.399 e. The minimum atomic E-state index is -0.406. The minimum absolute atomic E-state index is 0.0644. The number of aromatic nitrogens is 1. The van der Waals surface area contributed by atoms with Gasteiger partial charge in [0.05, 0.1) is 10.6 Å². The van der Waals surface area contributed by atoms with Crippen LogP contribution in [0.4, 0.5) is 11.4 Å². The molecular weight excluding hydrogens is 286 g/mol. The Balaban J connectivity index is 1.96. The first kappa shape index (κ1) is 13.3. The summed E-state index contributed by atoms with van der Waals surface area (Å²) >= 11 is 1.50. The molecule has 2 aromatic carbocycles. The van der Waals surface area contributed by atoms with Crippen molar-refractivity contribution in [3.05, 3.63) is 64.0 Å². The molecule has 3 aromatic rings. The van der Waals surface area contributed by atoms with Crippen LogP contribution in [-0.2, 0) is 0 Å². The maximum absolute atomic E-state index is 10.8. The number of nitro benzene ring substituents is 1. The molecule has 0 spiro atoms. The second-order valence-electron chi connectivity index (χ2n) is 4.47. The van der Waals surface area contributed by atoms with Crippen molar-refractivity contribution in [1.82, 2.24) is 4.98 Å². The van der Waals surface area contributed by atoms with Crippen molar-refractivity contribution in [2.75, 3.05) is 5.73 Å². The summed E-state index contributed by atoms with van der Waals surface area (Å²) in [5.41, 5.74) is 8.88. The lowest BCUT2D eigenvalue weighted by Gasteiger charge is -1.98. The first-order valence-electron chi connectivity index (χ1n) is 6.20. The van der Waals surface area contributed by atoms with Gasteiger partial charge in [-0.15, -0.1) is 11.3 Å². The first-order valence-corrected chi connectivity index (χ1v) is 7.08. The third-order valence-electron chi connectivity index (χ3n) is 3.01. The van der Waals surface area contributed by atoms with Crippen LogP contribution in [0.2, 0.25) is 0 Å². The zero-order chi connectivity index (χ0) is 14.8. The summed E-state index contributed by atoms with van der Waals surface area (Å²) in [5.74, 6) is 0. The molecule has 0 aliphatic heterocycles. The number of thiazole rings is 1. The Bertz CT molecular complexity index is 797. The van der Waals surface area contributed by atoms with Gasteiger partial charge in [-0.25, -0.2) is 4.98 Å². The van der Waals surface area contributed by atoms with Crippen LogP contribution in [0.3, 0.4) is 0 Å². The van der Waals surface area contributed by atoms with Crippen LogP contribution in [0, 0.1) is 10.1 Å². The number of rotatable bonds is 3. The molecule has 0 aliphatic rings. The van der Waals surface area contributed by atoms with E-state index in [2.05, 4.69) is 4.98 Å². The van der Waals surface area contributed by atoms with E-state index < -0.39 is 4.92 Å². The summed E-state index contributed by atoms with van der Waals surface area (Å²) in [6, 6.07) is 13.9. The predicted octanol–water partition coefficient (Wildman–Crippen LogP) is 3.97. The average molecular weight is 297 g/mol. The zero-order valence-corrected chi connectivity index (χ0v) is 11.7. The molecule has 3 rings (SSSR count). The molecule has 0 unspecified atom stereocenters. The summed E-state index contributed by atoms with van der Waals surface area (Å²) in [6.45, 7) is 0. The number of hydrogen-bond acceptors (Lipinski definition) is 5. The molecular formula is C15H11N3O2S. The number of non-ortho nitro benzene ring substituents is 1. The molecule has 0 aliphatic carbocycles. The highest BCUT2D eigenvalue weighted by Gasteiger charge is 2.10. The number of nitrogen functional groups attached to an aromatic ring is 1. The normalized spacial score (nSPS) is 10.5. The van der Waals surface area contributed by atoms with E-state index in [-0.39, 0.29) is 5.69 Å². The van der Waals surface area contributed by atoms with Crippen molar-refractivity contribution in [1.29, 1.82) is 0 Å². The number of nitrogens with zero attached hydrogens (tertiary/aromatic N) is 2. The molecule has 0 radical (unpaired) electrons. The molecule has 0 bridgehead atoms. The maximum atomic E-state index is 10.8. The lowest BCUT2D eigenvalue weighted by Crippen LogP contribution is -1.88. The van der Waals surface area contributed by atoms with Crippen molar-refractivity contribution in [2.24, 2.45) is 0 Å². The van der Waals surface area contributed by atoms with Crippen molar-refractivity contribution in [3.8, 4) is 21.8 Å². The van der Waals surface area contributed by atoms with E-state index in [0.29, 0.717) is 5.69 Å². The fourth-order valence-corrected chi connectivity index (χ4v) is 2.78. The molecule has 5 nitrogen and oxygen atoms in total. The van der Waals surface area contributed by atoms with Crippen molar-refractivity contribution >= 4 is 22.7 Å². The molecule has 104 valence electrons. The van der Waals surface area contributed by atoms with E-state index in [0.717, 1.165) is 21.8 Å². The van der Waals surface area contributed by atoms with E-state index >= 15 is 0 Å². The minimum Gasteiger partial charge on any atom is -0.399 e. The van der Waals surface area contributed by atoms with Crippen molar-refractivity contribution < 1.29 is 4.92 Å². The Morgan fingerprint density at radius 1 is 1.10 bits per heavy atom. The molecule has 1 aromatic heterocycles. The molecule has 21 heavy (non-hydrogen) atoms. The fraction of sp³-hybridized carbons (Fsp3) is 0. The second-order valence-corrected chi connectivity index (χ2v) is 5.33. The Hall–Kier alpha value is -2.73. The van der Waals surface area contributed by atoms with Gasteiger partial charge in [0.1, 0.15) is 5.01 Å². The summed E-state index contributed by atoms with van der Waals surface area (Å²) in [6.07, 6.45) is 0. The van der Waals surface area contributed by atoms with Gasteiger partial charge in [0.15, 0.2) is 0 Å². The van der Waals surface area contributed by atoms with Gasteiger partial charge in [0.2, 0.25) is 0 Å². The highest BCUT2D eigenvalue weighted by atomic mass is 32.1. The predicted molar refractivity (Wildman–Crippen MR) is 84.1 cm³/mol. The third-order valence-corrected chi connectivity index (χ3v) is 3.91. The van der Waals surface area contributed by atoms with Gasteiger partial charge in [0, 0.05) is 34.3 Å². The van der Waals surface area contributed by atoms with Gasteiger partial charge in [-0.3, -0.25) is 10.1 Å². The lowest BCUT2D eigenvalue weighted by atomic mass is 10.1. The number of benzene rings is 2. The quantitative estimate of drug-likeness (QED) is 0.450. The zero-order valence-electron chi connectivity index (χ0n) is 10.9. The smallest absolute Gasteiger partial charge is 0.270 e. The standard InChI is InChI=1S/C15H11N3O2S/c16-12-6-4-10(5-7-12)15-17-14(9-21-15)11-2-1-3-13(8-11)18(19)20/h1-9H,16H2. The topological polar surface area (TPSA) is 82.0 Å². The summed E-state index contributed by atoms with van der Waals surface area (Å²) in [7, 11) is 0. The maximum Gasteiger partial charge on any atom is 0.270 e. The molecule has 0 amide bonds. The summed E-state index contributed by atoms with van der Waals surface area (Å²) in [5, 5.41) is 13.6. The van der Waals surface area contributed by atoms with Crippen LogP contribution in [0.1, 0.15) is 0 Å². The number of anilines is 1. The SMILES string of the molecule is Nc1ccc(-c2nc(-c3cccc([N+](=O)[O-])c3)cs2)cc1. The average Bonchev–Trinajstić information content (AvgIpc) is 2.98. The van der Waals surface area contributed by atoms with Gasteiger partial charge in [-0.1, -0.05) is 12.1 Å². The molecule has 6 heteroatoms. The van der Waals surface area contributed by atoms with Crippen LogP contribution in [-0.4, -0.2) is 9.91 Å². The van der Waals surface area contributed by atoms with Crippen LogP contribution >= 0.6 is 11.3 Å². The highest BCUT2D eigenvalue weighted by Crippen LogP contribution is 2.30. The molecule has 0 atom stereocenters. The molecule has 2 N–H and O–H groups in total. The number of nitro groups is 1. The molecule has 1 heterocycles. The van der Waals surface area contributed by atoms with Gasteiger partial charge < -0.3 is 5.73 Å². The van der Waals surface area contributed by atoms with E-state index in [1.54, 1.807) is 6.07 Å². The lowest BCUT2D eigenvalue weighted by molar-refractivity contribution is -0.384. The third kappa shape index (κ3) is 2.75.